The smallest absolute Gasteiger partial charge is 0.220 e. The maximum absolute atomic E-state index is 5.89. The summed E-state index contributed by atoms with van der Waals surface area (Å²) in [7, 11) is 0. The average Bonchev–Trinajstić information content (AvgIpc) is 2.79. The molecule has 1 aromatic carbocycles. The van der Waals surface area contributed by atoms with E-state index >= 15 is 0 Å². The molecular formula is C15H15NO2. The lowest BCUT2D eigenvalue weighted by atomic mass is 10.0. The van der Waals surface area contributed by atoms with Gasteiger partial charge in [-0.2, -0.15) is 0 Å². The predicted molar refractivity (Wildman–Crippen MR) is 68.8 cm³/mol. The second-order valence-corrected chi connectivity index (χ2v) is 5.02. The van der Waals surface area contributed by atoms with Crippen LogP contribution in [0.3, 0.4) is 0 Å². The highest BCUT2D eigenvalue weighted by Gasteiger charge is 2.36. The van der Waals surface area contributed by atoms with Crippen molar-refractivity contribution in [2.45, 2.75) is 32.0 Å². The Morgan fingerprint density at radius 2 is 2.33 bits per heavy atom. The van der Waals surface area contributed by atoms with E-state index in [4.69, 9.17) is 14.5 Å². The lowest BCUT2D eigenvalue weighted by Crippen LogP contribution is -2.20. The summed E-state index contributed by atoms with van der Waals surface area (Å²) in [5, 5.41) is 1.19. The number of aromatic nitrogens is 1. The molecule has 1 saturated heterocycles. The fourth-order valence-corrected chi connectivity index (χ4v) is 2.92. The maximum atomic E-state index is 5.89. The lowest BCUT2D eigenvalue weighted by molar-refractivity contribution is 0.109. The first kappa shape index (κ1) is 10.3. The van der Waals surface area contributed by atoms with Gasteiger partial charge in [0.05, 0.1) is 18.2 Å². The summed E-state index contributed by atoms with van der Waals surface area (Å²) in [5.41, 5.74) is 3.46. The van der Waals surface area contributed by atoms with Crippen molar-refractivity contribution in [3.8, 4) is 5.88 Å². The first-order valence-electron chi connectivity index (χ1n) is 6.56. The summed E-state index contributed by atoms with van der Waals surface area (Å²) in [6, 6.07) is 8.53. The molecule has 2 aliphatic heterocycles. The van der Waals surface area contributed by atoms with E-state index in [-0.39, 0.29) is 12.2 Å². The number of hydrogen-bond acceptors (Lipinski definition) is 3. The van der Waals surface area contributed by atoms with E-state index in [9.17, 15) is 0 Å². The minimum absolute atomic E-state index is 0.181. The lowest BCUT2D eigenvalue weighted by Gasteiger charge is -2.22. The molecule has 18 heavy (non-hydrogen) atoms. The highest BCUT2D eigenvalue weighted by atomic mass is 16.6. The standard InChI is InChI=1S/C15H15NO2/c1-2-9-4-3-5-10-6-12-13-7-11(8-17-13)18-15(12)16-14(9)10/h3-6,11,13H,2,7-8H2,1H3. The first-order valence-corrected chi connectivity index (χ1v) is 6.56. The number of para-hydroxylation sites is 1. The van der Waals surface area contributed by atoms with Gasteiger partial charge in [-0.1, -0.05) is 25.1 Å². The van der Waals surface area contributed by atoms with Crippen LogP contribution in [0.2, 0.25) is 0 Å². The molecule has 0 radical (unpaired) electrons. The largest absolute Gasteiger partial charge is 0.471 e. The summed E-state index contributed by atoms with van der Waals surface area (Å²) in [6.07, 6.45) is 2.34. The van der Waals surface area contributed by atoms with E-state index in [0.29, 0.717) is 6.61 Å². The minimum atomic E-state index is 0.181. The molecule has 2 aliphatic rings. The highest BCUT2D eigenvalue weighted by Crippen LogP contribution is 2.42. The molecule has 3 nitrogen and oxygen atoms in total. The normalized spacial score (nSPS) is 24.9. The second kappa shape index (κ2) is 3.69. The van der Waals surface area contributed by atoms with Gasteiger partial charge in [-0.05, 0) is 18.1 Å². The average molecular weight is 241 g/mol. The van der Waals surface area contributed by atoms with Gasteiger partial charge in [-0.3, -0.25) is 0 Å². The topological polar surface area (TPSA) is 31.4 Å². The van der Waals surface area contributed by atoms with E-state index in [1.165, 1.54) is 10.9 Å². The zero-order chi connectivity index (χ0) is 12.1. The predicted octanol–water partition coefficient (Wildman–Crippen LogP) is 3.02. The van der Waals surface area contributed by atoms with Crippen LogP contribution in [-0.2, 0) is 11.2 Å². The molecule has 4 rings (SSSR count). The van der Waals surface area contributed by atoms with Gasteiger partial charge in [0.1, 0.15) is 6.10 Å². The van der Waals surface area contributed by atoms with Crippen molar-refractivity contribution < 1.29 is 9.47 Å². The Labute approximate surface area is 106 Å². The van der Waals surface area contributed by atoms with Crippen molar-refractivity contribution in [2.75, 3.05) is 6.61 Å². The molecule has 2 bridgehead atoms. The molecule has 1 fully saturated rings. The molecule has 0 saturated carbocycles. The molecule has 92 valence electrons. The third-order valence-electron chi connectivity index (χ3n) is 3.89. The Kier molecular flexibility index (Phi) is 2.12. The Morgan fingerprint density at radius 1 is 1.39 bits per heavy atom. The monoisotopic (exact) mass is 241 g/mol. The first-order chi connectivity index (χ1) is 8.85. The van der Waals surface area contributed by atoms with Gasteiger partial charge in [0.25, 0.3) is 0 Å². The molecule has 2 atom stereocenters. The summed E-state index contributed by atoms with van der Waals surface area (Å²) in [5.74, 6) is 0.780. The van der Waals surface area contributed by atoms with E-state index in [2.05, 4.69) is 31.2 Å². The fraction of sp³-hybridized carbons (Fsp3) is 0.400. The number of pyridine rings is 1. The number of aryl methyl sites for hydroxylation is 1. The molecule has 0 spiro atoms. The number of benzene rings is 1. The SMILES string of the molecule is CCc1cccc2cc3c(nc12)OC1COC3C1. The van der Waals surface area contributed by atoms with Crippen LogP contribution < -0.4 is 4.74 Å². The van der Waals surface area contributed by atoms with Gasteiger partial charge < -0.3 is 9.47 Å². The zero-order valence-corrected chi connectivity index (χ0v) is 10.3. The van der Waals surface area contributed by atoms with Crippen LogP contribution in [0.15, 0.2) is 24.3 Å². The fourth-order valence-electron chi connectivity index (χ4n) is 2.92. The van der Waals surface area contributed by atoms with E-state index < -0.39 is 0 Å². The Hall–Kier alpha value is -1.61. The quantitative estimate of drug-likeness (QED) is 0.769. The van der Waals surface area contributed by atoms with Crippen LogP contribution in [0.5, 0.6) is 5.88 Å². The van der Waals surface area contributed by atoms with Gasteiger partial charge in [0.2, 0.25) is 5.88 Å². The molecule has 2 aromatic rings. The molecule has 3 heterocycles. The van der Waals surface area contributed by atoms with Gasteiger partial charge in [-0.15, -0.1) is 0 Å². The van der Waals surface area contributed by atoms with Crippen molar-refractivity contribution in [3.63, 3.8) is 0 Å². The third-order valence-corrected chi connectivity index (χ3v) is 3.89. The van der Waals surface area contributed by atoms with Crippen molar-refractivity contribution in [2.24, 2.45) is 0 Å². The Balaban J connectivity index is 1.97. The van der Waals surface area contributed by atoms with Gasteiger partial charge in [0.15, 0.2) is 0 Å². The number of fused-ring (bicyclic) bond motifs is 5. The Morgan fingerprint density at radius 3 is 3.22 bits per heavy atom. The number of hydrogen-bond donors (Lipinski definition) is 0. The third kappa shape index (κ3) is 1.37. The van der Waals surface area contributed by atoms with Crippen molar-refractivity contribution >= 4 is 10.9 Å². The van der Waals surface area contributed by atoms with Crippen molar-refractivity contribution in [1.29, 1.82) is 0 Å². The summed E-state index contributed by atoms with van der Waals surface area (Å²) in [6.45, 7) is 2.85. The molecule has 0 amide bonds. The van der Waals surface area contributed by atoms with Crippen LogP contribution in [0, 0.1) is 0 Å². The highest BCUT2D eigenvalue weighted by molar-refractivity contribution is 5.83. The summed E-state index contributed by atoms with van der Waals surface area (Å²) < 4.78 is 11.6. The van der Waals surface area contributed by atoms with E-state index in [1.54, 1.807) is 0 Å². The number of ether oxygens (including phenoxy) is 2. The van der Waals surface area contributed by atoms with Crippen LogP contribution in [0.25, 0.3) is 10.9 Å². The molecule has 1 aromatic heterocycles. The minimum Gasteiger partial charge on any atom is -0.471 e. The molecule has 3 heteroatoms. The number of rotatable bonds is 1. The van der Waals surface area contributed by atoms with Gasteiger partial charge >= 0.3 is 0 Å². The van der Waals surface area contributed by atoms with E-state index in [0.717, 1.165) is 29.8 Å². The van der Waals surface area contributed by atoms with Crippen molar-refractivity contribution in [1.82, 2.24) is 4.98 Å². The summed E-state index contributed by atoms with van der Waals surface area (Å²) in [4.78, 5) is 4.73. The van der Waals surface area contributed by atoms with Crippen LogP contribution in [-0.4, -0.2) is 17.7 Å². The molecule has 0 aliphatic carbocycles. The summed E-state index contributed by atoms with van der Waals surface area (Å²) >= 11 is 0. The molecule has 0 N–H and O–H groups in total. The van der Waals surface area contributed by atoms with Gasteiger partial charge in [0, 0.05) is 17.4 Å². The zero-order valence-electron chi connectivity index (χ0n) is 10.3. The van der Waals surface area contributed by atoms with E-state index in [1.807, 2.05) is 0 Å². The Bertz CT molecular complexity index is 623. The molecular weight excluding hydrogens is 226 g/mol. The van der Waals surface area contributed by atoms with Crippen molar-refractivity contribution in [3.05, 3.63) is 35.4 Å². The number of nitrogens with zero attached hydrogens (tertiary/aromatic N) is 1. The maximum Gasteiger partial charge on any atom is 0.220 e. The van der Waals surface area contributed by atoms with Crippen LogP contribution in [0.1, 0.15) is 30.6 Å². The second-order valence-electron chi connectivity index (χ2n) is 5.02. The van der Waals surface area contributed by atoms with Crippen LogP contribution >= 0.6 is 0 Å². The van der Waals surface area contributed by atoms with Crippen LogP contribution in [0.4, 0.5) is 0 Å². The molecule has 2 unspecified atom stereocenters. The van der Waals surface area contributed by atoms with Gasteiger partial charge in [-0.25, -0.2) is 4.98 Å².